The second-order valence-corrected chi connectivity index (χ2v) is 7.61. The van der Waals surface area contributed by atoms with Gasteiger partial charge in [-0.25, -0.2) is 4.98 Å². The van der Waals surface area contributed by atoms with E-state index in [1.165, 1.54) is 18.1 Å². The fraction of sp³-hybridized carbons (Fsp3) is 0.333. The molecule has 4 rings (SSSR count). The number of imidazole rings is 1. The quantitative estimate of drug-likeness (QED) is 0.604. The molecule has 0 fully saturated rings. The number of anilines is 1. The van der Waals surface area contributed by atoms with E-state index in [-0.39, 0.29) is 5.91 Å². The van der Waals surface area contributed by atoms with Gasteiger partial charge in [-0.3, -0.25) is 15.0 Å². The first-order valence-electron chi connectivity index (χ1n) is 10.4. The molecule has 0 atom stereocenters. The molecular weight excluding hydrogens is 360 g/mol. The van der Waals surface area contributed by atoms with Crippen LogP contribution in [-0.2, 0) is 11.3 Å². The Labute approximate surface area is 172 Å². The Bertz CT molecular complexity index is 1010. The van der Waals surface area contributed by atoms with E-state index in [4.69, 9.17) is 0 Å². The van der Waals surface area contributed by atoms with Crippen LogP contribution < -0.4 is 5.32 Å². The molecule has 0 unspecified atom stereocenters. The first-order chi connectivity index (χ1) is 14.2. The number of unbranched alkanes of at least 4 members (excludes halogenated alkanes) is 1. The van der Waals surface area contributed by atoms with Crippen LogP contribution in [0, 0.1) is 0 Å². The predicted octanol–water partition coefficient (Wildman–Crippen LogP) is 4.56. The highest BCUT2D eigenvalue weighted by atomic mass is 16.1. The highest BCUT2D eigenvalue weighted by molar-refractivity contribution is 5.89. The second kappa shape index (κ2) is 9.05. The number of carbonyl (C=O) groups is 1. The fourth-order valence-electron chi connectivity index (χ4n) is 3.99. The first-order valence-corrected chi connectivity index (χ1v) is 10.4. The maximum absolute atomic E-state index is 11.5. The molecular formula is C24H28N4O. The van der Waals surface area contributed by atoms with Crippen LogP contribution in [0.25, 0.3) is 16.6 Å². The van der Waals surface area contributed by atoms with E-state index in [1.54, 1.807) is 0 Å². The van der Waals surface area contributed by atoms with Crippen molar-refractivity contribution < 1.29 is 4.79 Å². The summed E-state index contributed by atoms with van der Waals surface area (Å²) in [5, 5.41) is 2.87. The summed E-state index contributed by atoms with van der Waals surface area (Å²) >= 11 is 0. The molecule has 0 bridgehead atoms. The van der Waals surface area contributed by atoms with Gasteiger partial charge in [0.05, 0.1) is 11.0 Å². The van der Waals surface area contributed by atoms with Crippen molar-refractivity contribution in [3.63, 3.8) is 0 Å². The third-order valence-corrected chi connectivity index (χ3v) is 5.49. The Kier molecular flexibility index (Phi) is 6.06. The van der Waals surface area contributed by atoms with Gasteiger partial charge in [0.1, 0.15) is 0 Å². The van der Waals surface area contributed by atoms with Gasteiger partial charge in [-0.1, -0.05) is 48.5 Å². The lowest BCUT2D eigenvalue weighted by Gasteiger charge is -2.26. The average Bonchev–Trinajstić information content (AvgIpc) is 3.08. The second-order valence-electron chi connectivity index (χ2n) is 7.61. The number of carbonyl (C=O) groups excluding carboxylic acids is 1. The molecule has 5 heteroatoms. The Morgan fingerprint density at radius 2 is 1.79 bits per heavy atom. The van der Waals surface area contributed by atoms with E-state index < -0.39 is 0 Å². The molecule has 0 spiro atoms. The average molecular weight is 389 g/mol. The standard InChI is InChI=1S/C24H28N4O/c1-19(29)25-24-26-22-11-5-6-12-23(22)28(24)16-8-7-15-27-17-13-21(14-18-27)20-9-3-2-4-10-20/h2-6,9-13H,7-8,14-18H2,1H3,(H,25,26,29). The summed E-state index contributed by atoms with van der Waals surface area (Å²) in [6.07, 6.45) is 5.67. The minimum absolute atomic E-state index is 0.0871. The van der Waals surface area contributed by atoms with Crippen LogP contribution in [0.3, 0.4) is 0 Å². The van der Waals surface area contributed by atoms with Crippen molar-refractivity contribution >= 4 is 28.5 Å². The number of hydrogen-bond acceptors (Lipinski definition) is 3. The monoisotopic (exact) mass is 388 g/mol. The lowest BCUT2D eigenvalue weighted by Crippen LogP contribution is -2.29. The largest absolute Gasteiger partial charge is 0.310 e. The summed E-state index contributed by atoms with van der Waals surface area (Å²) in [6, 6.07) is 18.7. The zero-order valence-corrected chi connectivity index (χ0v) is 17.0. The van der Waals surface area contributed by atoms with Crippen molar-refractivity contribution in [1.29, 1.82) is 0 Å². The number of amides is 1. The number of rotatable bonds is 7. The molecule has 0 saturated carbocycles. The Hall–Kier alpha value is -2.92. The maximum Gasteiger partial charge on any atom is 0.223 e. The van der Waals surface area contributed by atoms with E-state index >= 15 is 0 Å². The molecule has 2 aromatic carbocycles. The molecule has 1 N–H and O–H groups in total. The molecule has 1 aliphatic heterocycles. The van der Waals surface area contributed by atoms with E-state index in [2.05, 4.69) is 62.2 Å². The summed E-state index contributed by atoms with van der Waals surface area (Å²) in [7, 11) is 0. The van der Waals surface area contributed by atoms with E-state index in [1.807, 2.05) is 18.2 Å². The van der Waals surface area contributed by atoms with Gasteiger partial charge in [0.15, 0.2) is 0 Å². The third kappa shape index (κ3) is 4.74. The fourth-order valence-corrected chi connectivity index (χ4v) is 3.99. The van der Waals surface area contributed by atoms with Crippen LogP contribution in [0.15, 0.2) is 60.7 Å². The van der Waals surface area contributed by atoms with Crippen LogP contribution in [-0.4, -0.2) is 40.0 Å². The van der Waals surface area contributed by atoms with Crippen molar-refractivity contribution in [2.24, 2.45) is 0 Å². The smallest absolute Gasteiger partial charge is 0.223 e. The summed E-state index contributed by atoms with van der Waals surface area (Å²) in [5.41, 5.74) is 4.81. The molecule has 150 valence electrons. The van der Waals surface area contributed by atoms with Crippen molar-refractivity contribution in [3.8, 4) is 0 Å². The van der Waals surface area contributed by atoms with Crippen LogP contribution in [0.2, 0.25) is 0 Å². The normalized spacial score (nSPS) is 14.7. The topological polar surface area (TPSA) is 50.2 Å². The van der Waals surface area contributed by atoms with Crippen molar-refractivity contribution in [3.05, 3.63) is 66.2 Å². The summed E-state index contributed by atoms with van der Waals surface area (Å²) < 4.78 is 2.13. The number of fused-ring (bicyclic) bond motifs is 1. The minimum Gasteiger partial charge on any atom is -0.310 e. The zero-order valence-electron chi connectivity index (χ0n) is 17.0. The van der Waals surface area contributed by atoms with Gasteiger partial charge in [0.2, 0.25) is 11.9 Å². The SMILES string of the molecule is CC(=O)Nc1nc2ccccc2n1CCCCN1CC=C(c2ccccc2)CC1. The highest BCUT2D eigenvalue weighted by Gasteiger charge is 2.14. The maximum atomic E-state index is 11.5. The van der Waals surface area contributed by atoms with Crippen molar-refractivity contribution in [2.75, 3.05) is 25.0 Å². The van der Waals surface area contributed by atoms with Gasteiger partial charge in [-0.15, -0.1) is 0 Å². The molecule has 1 amide bonds. The van der Waals surface area contributed by atoms with Crippen LogP contribution in [0.4, 0.5) is 5.95 Å². The molecule has 1 aliphatic rings. The van der Waals surface area contributed by atoms with Crippen LogP contribution in [0.1, 0.15) is 31.7 Å². The Morgan fingerprint density at radius 3 is 2.55 bits per heavy atom. The van der Waals surface area contributed by atoms with Crippen molar-refractivity contribution in [2.45, 2.75) is 32.7 Å². The third-order valence-electron chi connectivity index (χ3n) is 5.49. The molecule has 1 aromatic heterocycles. The zero-order chi connectivity index (χ0) is 20.1. The summed E-state index contributed by atoms with van der Waals surface area (Å²) in [5.74, 6) is 0.558. The van der Waals surface area contributed by atoms with Gasteiger partial charge < -0.3 is 4.57 Å². The summed E-state index contributed by atoms with van der Waals surface area (Å²) in [4.78, 5) is 18.6. The van der Waals surface area contributed by atoms with Gasteiger partial charge in [0, 0.05) is 26.6 Å². The summed E-state index contributed by atoms with van der Waals surface area (Å²) in [6.45, 7) is 5.62. The Morgan fingerprint density at radius 1 is 1.03 bits per heavy atom. The molecule has 29 heavy (non-hydrogen) atoms. The van der Waals surface area contributed by atoms with Gasteiger partial charge in [-0.2, -0.15) is 0 Å². The van der Waals surface area contributed by atoms with Crippen LogP contribution in [0.5, 0.6) is 0 Å². The predicted molar refractivity (Wildman–Crippen MR) is 119 cm³/mol. The number of nitrogens with one attached hydrogen (secondary N) is 1. The minimum atomic E-state index is -0.0871. The number of aromatic nitrogens is 2. The number of hydrogen-bond donors (Lipinski definition) is 1. The van der Waals surface area contributed by atoms with Gasteiger partial charge in [-0.05, 0) is 49.1 Å². The molecule has 0 aliphatic carbocycles. The molecule has 2 heterocycles. The molecule has 3 aromatic rings. The lowest BCUT2D eigenvalue weighted by atomic mass is 9.99. The first kappa shape index (κ1) is 19.4. The number of aryl methyl sites for hydroxylation is 1. The number of para-hydroxylation sites is 2. The lowest BCUT2D eigenvalue weighted by molar-refractivity contribution is -0.114. The number of benzene rings is 2. The van der Waals surface area contributed by atoms with E-state index in [0.29, 0.717) is 5.95 Å². The molecule has 0 saturated heterocycles. The van der Waals surface area contributed by atoms with Crippen LogP contribution >= 0.6 is 0 Å². The highest BCUT2D eigenvalue weighted by Crippen LogP contribution is 2.23. The molecule has 5 nitrogen and oxygen atoms in total. The van der Waals surface area contributed by atoms with E-state index in [9.17, 15) is 4.79 Å². The van der Waals surface area contributed by atoms with E-state index in [0.717, 1.165) is 56.5 Å². The number of nitrogens with zero attached hydrogens (tertiary/aromatic N) is 3. The Balaban J connectivity index is 1.31. The van der Waals surface area contributed by atoms with Gasteiger partial charge in [0.25, 0.3) is 0 Å². The van der Waals surface area contributed by atoms with Crippen molar-refractivity contribution in [1.82, 2.24) is 14.5 Å². The molecule has 0 radical (unpaired) electrons. The van der Waals surface area contributed by atoms with Gasteiger partial charge >= 0.3 is 0 Å².